The minimum absolute atomic E-state index is 0.196. The Kier molecular flexibility index (Phi) is 9.23. The molecule has 6 heteroatoms. The van der Waals surface area contributed by atoms with Crippen molar-refractivity contribution in [2.45, 2.75) is 51.7 Å². The number of aromatic hydroxyl groups is 2. The highest BCUT2D eigenvalue weighted by Gasteiger charge is 2.31. The highest BCUT2D eigenvalue weighted by atomic mass is 16.5. The number of phenols is 2. The molecule has 0 bridgehead atoms. The van der Waals surface area contributed by atoms with Crippen molar-refractivity contribution in [2.24, 2.45) is 0 Å². The van der Waals surface area contributed by atoms with Crippen molar-refractivity contribution in [1.29, 1.82) is 0 Å². The lowest BCUT2D eigenvalue weighted by atomic mass is 9.93. The Bertz CT molecular complexity index is 3010. The van der Waals surface area contributed by atoms with Crippen LogP contribution in [-0.2, 0) is 0 Å². The van der Waals surface area contributed by atoms with Gasteiger partial charge < -0.3 is 28.8 Å². The summed E-state index contributed by atoms with van der Waals surface area (Å²) in [6.45, 7) is 4.15. The summed E-state index contributed by atoms with van der Waals surface area (Å²) in [5.41, 5.74) is 10.7. The van der Waals surface area contributed by atoms with E-state index in [0.29, 0.717) is 22.6 Å². The number of hydrogen-bond acceptors (Lipinski definition) is 4. The molecule has 11 rings (SSSR count). The van der Waals surface area contributed by atoms with Crippen molar-refractivity contribution >= 4 is 43.6 Å². The summed E-state index contributed by atoms with van der Waals surface area (Å²) in [5, 5.41) is 29.1. The van der Waals surface area contributed by atoms with Gasteiger partial charge in [-0.1, -0.05) is 109 Å². The molecule has 1 aliphatic rings. The second-order valence-electron chi connectivity index (χ2n) is 16.7. The minimum Gasteiger partial charge on any atom is -0.505 e. The molecule has 0 saturated heterocycles. The van der Waals surface area contributed by atoms with E-state index in [4.69, 9.17) is 9.47 Å². The lowest BCUT2D eigenvalue weighted by Crippen LogP contribution is -2.39. The highest BCUT2D eigenvalue weighted by Crippen LogP contribution is 2.46. The average Bonchev–Trinajstić information content (AvgIpc) is 3.82. The lowest BCUT2D eigenvalue weighted by Gasteiger charge is -2.33. The summed E-state index contributed by atoms with van der Waals surface area (Å²) in [6.07, 6.45) is 3.18. The summed E-state index contributed by atoms with van der Waals surface area (Å²) in [6, 6.07) is 57.7. The van der Waals surface area contributed by atoms with E-state index in [0.717, 1.165) is 103 Å². The molecule has 0 radical (unpaired) electrons. The smallest absolute Gasteiger partial charge is 0.147 e. The van der Waals surface area contributed by atoms with Gasteiger partial charge >= 0.3 is 0 Å². The summed E-state index contributed by atoms with van der Waals surface area (Å²) in [7, 11) is 0. The third kappa shape index (κ3) is 6.25. The molecule has 1 saturated carbocycles. The number of aromatic nitrogens is 2. The first kappa shape index (κ1) is 37.6. The van der Waals surface area contributed by atoms with Crippen LogP contribution in [-0.4, -0.2) is 31.6 Å². The molecule has 1 aliphatic carbocycles. The largest absolute Gasteiger partial charge is 0.505 e. The van der Waals surface area contributed by atoms with Crippen LogP contribution in [0.1, 0.15) is 36.8 Å². The number of aryl methyl sites for hydroxylation is 2. The summed E-state index contributed by atoms with van der Waals surface area (Å²) in [4.78, 5) is 0. The molecule has 62 heavy (non-hydrogen) atoms. The van der Waals surface area contributed by atoms with Crippen molar-refractivity contribution in [3.05, 3.63) is 181 Å². The van der Waals surface area contributed by atoms with Gasteiger partial charge in [-0.3, -0.25) is 0 Å². The Morgan fingerprint density at radius 1 is 0.403 bits per heavy atom. The maximum atomic E-state index is 12.3. The average molecular weight is 811 g/mol. The normalized spacial score (nSPS) is 15.5. The van der Waals surface area contributed by atoms with Gasteiger partial charge in [0.25, 0.3) is 0 Å². The van der Waals surface area contributed by atoms with Crippen LogP contribution in [0.4, 0.5) is 0 Å². The SMILES string of the molecule is Cc1cc(-c2ccccc2OC2CCCC[C@H]2Oc2ccccc2-c2cc(C)cc(-n3c4ccccc4c4ccccc43)c2O)c(O)c(-n2c3ccccc3c3ccccc32)c1. The van der Waals surface area contributed by atoms with Gasteiger partial charge in [0.2, 0.25) is 0 Å². The number of hydrogen-bond donors (Lipinski definition) is 2. The molecule has 2 aromatic heterocycles. The van der Waals surface area contributed by atoms with E-state index >= 15 is 0 Å². The maximum Gasteiger partial charge on any atom is 0.147 e. The molecular weight excluding hydrogens is 765 g/mol. The Morgan fingerprint density at radius 3 is 1.10 bits per heavy atom. The zero-order valence-electron chi connectivity index (χ0n) is 34.8. The molecule has 0 amide bonds. The Morgan fingerprint density at radius 2 is 0.726 bits per heavy atom. The summed E-state index contributed by atoms with van der Waals surface area (Å²) >= 11 is 0. The number of fused-ring (bicyclic) bond motifs is 6. The highest BCUT2D eigenvalue weighted by molar-refractivity contribution is 6.10. The minimum atomic E-state index is -0.249. The second-order valence-corrected chi connectivity index (χ2v) is 16.7. The van der Waals surface area contributed by atoms with Gasteiger partial charge in [-0.05, 0) is 111 Å². The molecule has 304 valence electrons. The van der Waals surface area contributed by atoms with Crippen LogP contribution >= 0.6 is 0 Å². The van der Waals surface area contributed by atoms with Gasteiger partial charge in [-0.2, -0.15) is 0 Å². The van der Waals surface area contributed by atoms with Gasteiger partial charge in [-0.15, -0.1) is 0 Å². The van der Waals surface area contributed by atoms with Crippen LogP contribution in [0.3, 0.4) is 0 Å². The second kappa shape index (κ2) is 15.2. The maximum absolute atomic E-state index is 12.3. The van der Waals surface area contributed by atoms with Crippen molar-refractivity contribution in [3.63, 3.8) is 0 Å². The predicted octanol–water partition coefficient (Wildman–Crippen LogP) is 14.0. The molecular formula is C56H46N2O4. The molecule has 2 atom stereocenters. The zero-order chi connectivity index (χ0) is 41.9. The number of para-hydroxylation sites is 6. The van der Waals surface area contributed by atoms with Crippen molar-refractivity contribution in [2.75, 3.05) is 0 Å². The third-order valence-corrected chi connectivity index (χ3v) is 12.7. The zero-order valence-corrected chi connectivity index (χ0v) is 34.8. The van der Waals surface area contributed by atoms with Crippen LogP contribution in [0.25, 0.3) is 77.2 Å². The van der Waals surface area contributed by atoms with E-state index in [1.165, 1.54) is 0 Å². The predicted molar refractivity (Wildman–Crippen MR) is 253 cm³/mol. The van der Waals surface area contributed by atoms with E-state index in [9.17, 15) is 10.2 Å². The molecule has 0 spiro atoms. The molecule has 10 aromatic rings. The fourth-order valence-electron chi connectivity index (χ4n) is 9.88. The van der Waals surface area contributed by atoms with E-state index in [2.05, 4.69) is 108 Å². The number of benzene rings is 8. The Balaban J connectivity index is 0.949. The molecule has 8 aromatic carbocycles. The summed E-state index contributed by atoms with van der Waals surface area (Å²) in [5.74, 6) is 1.79. The molecule has 2 heterocycles. The topological polar surface area (TPSA) is 68.8 Å². The molecule has 1 unspecified atom stereocenters. The quantitative estimate of drug-likeness (QED) is 0.160. The first-order chi connectivity index (χ1) is 30.4. The van der Waals surface area contributed by atoms with Crippen LogP contribution in [0.5, 0.6) is 23.0 Å². The number of nitrogens with zero attached hydrogens (tertiary/aromatic N) is 2. The molecule has 2 N–H and O–H groups in total. The van der Waals surface area contributed by atoms with Crippen LogP contribution in [0.15, 0.2) is 170 Å². The van der Waals surface area contributed by atoms with Gasteiger partial charge in [-0.25, -0.2) is 0 Å². The fourth-order valence-corrected chi connectivity index (χ4v) is 9.88. The van der Waals surface area contributed by atoms with Crippen LogP contribution < -0.4 is 9.47 Å². The van der Waals surface area contributed by atoms with E-state index in [1.54, 1.807) is 0 Å². The van der Waals surface area contributed by atoms with Crippen molar-refractivity contribution in [1.82, 2.24) is 9.13 Å². The van der Waals surface area contributed by atoms with Crippen molar-refractivity contribution in [3.8, 4) is 56.6 Å². The van der Waals surface area contributed by atoms with Crippen LogP contribution in [0, 0.1) is 13.8 Å². The van der Waals surface area contributed by atoms with Gasteiger partial charge in [0.15, 0.2) is 0 Å². The van der Waals surface area contributed by atoms with E-state index < -0.39 is 0 Å². The number of ether oxygens (including phenoxy) is 2. The van der Waals surface area contributed by atoms with Crippen LogP contribution in [0.2, 0.25) is 0 Å². The molecule has 6 nitrogen and oxygen atoms in total. The lowest BCUT2D eigenvalue weighted by molar-refractivity contribution is 0.0238. The third-order valence-electron chi connectivity index (χ3n) is 12.7. The fraction of sp³-hybridized carbons (Fsp3) is 0.143. The monoisotopic (exact) mass is 810 g/mol. The van der Waals surface area contributed by atoms with E-state index in [-0.39, 0.29) is 23.7 Å². The Labute approximate surface area is 360 Å². The standard InChI is InChI=1S/C56H46N2O4/c1-35-31-43(55(59)49(33-35)57-45-23-9-3-17-37(45)38-18-4-10-24-46(38)57)41-21-7-13-27-51(41)61-53-29-15-16-30-54(53)62-52-28-14-8-22-42(52)44-32-36(2)34-50(56(44)60)58-47-25-11-5-19-39(47)40-20-6-12-26-48(40)58/h3-14,17-28,31-34,53-54,59-60H,15-16,29-30H2,1-2H3/t53-,54?/m1/s1. The van der Waals surface area contributed by atoms with Gasteiger partial charge in [0.05, 0.1) is 33.4 Å². The molecule has 0 aliphatic heterocycles. The first-order valence-corrected chi connectivity index (χ1v) is 21.6. The van der Waals surface area contributed by atoms with Gasteiger partial charge in [0, 0.05) is 43.8 Å². The number of phenolic OH excluding ortho intramolecular Hbond substituents is 2. The van der Waals surface area contributed by atoms with E-state index in [1.807, 2.05) is 84.9 Å². The summed E-state index contributed by atoms with van der Waals surface area (Å²) < 4.78 is 18.4. The first-order valence-electron chi connectivity index (χ1n) is 21.6. The van der Waals surface area contributed by atoms with Crippen molar-refractivity contribution < 1.29 is 19.7 Å². The molecule has 1 fully saturated rings. The number of rotatable bonds is 8. The van der Waals surface area contributed by atoms with Gasteiger partial charge in [0.1, 0.15) is 35.2 Å². The Hall–Kier alpha value is -7.44.